The highest BCUT2D eigenvalue weighted by Crippen LogP contribution is 2.45. The summed E-state index contributed by atoms with van der Waals surface area (Å²) < 4.78 is 45.4. The Kier molecular flexibility index (Phi) is 6.07. The van der Waals surface area contributed by atoms with Crippen molar-refractivity contribution in [2.75, 3.05) is 11.4 Å². The third-order valence-electron chi connectivity index (χ3n) is 7.01. The minimum absolute atomic E-state index is 0.0361. The first-order chi connectivity index (χ1) is 18.0. The molecule has 0 spiro atoms. The summed E-state index contributed by atoms with van der Waals surface area (Å²) in [4.78, 5) is 20.4. The smallest absolute Gasteiger partial charge is 0.373 e. The van der Waals surface area contributed by atoms with E-state index >= 15 is 0 Å². The summed E-state index contributed by atoms with van der Waals surface area (Å²) >= 11 is 0. The third kappa shape index (κ3) is 4.66. The van der Waals surface area contributed by atoms with Crippen molar-refractivity contribution in [3.05, 3.63) is 70.0 Å². The molecule has 4 aromatic rings. The van der Waals surface area contributed by atoms with E-state index in [2.05, 4.69) is 36.6 Å². The van der Waals surface area contributed by atoms with Crippen molar-refractivity contribution in [1.29, 1.82) is 0 Å². The van der Waals surface area contributed by atoms with E-state index in [-0.39, 0.29) is 35.9 Å². The maximum atomic E-state index is 14.5. The molecule has 3 aromatic heterocycles. The lowest BCUT2D eigenvalue weighted by Gasteiger charge is -2.38. The number of hydrogen-bond acceptors (Lipinski definition) is 8. The van der Waals surface area contributed by atoms with E-state index in [1.807, 2.05) is 12.1 Å². The molecule has 0 amide bonds. The van der Waals surface area contributed by atoms with Gasteiger partial charge in [0, 0.05) is 35.8 Å². The molecule has 11 heteroatoms. The maximum Gasteiger partial charge on any atom is 0.439 e. The van der Waals surface area contributed by atoms with Crippen molar-refractivity contribution in [2.24, 2.45) is 0 Å². The lowest BCUT2D eigenvalue weighted by molar-refractivity contribution is 0.0174. The molecule has 6 rings (SSSR count). The number of H-pyrrole nitrogens is 1. The first kappa shape index (κ1) is 23.5. The normalized spacial score (nSPS) is 19.9. The van der Waals surface area contributed by atoms with Gasteiger partial charge in [0.05, 0.1) is 18.3 Å². The van der Waals surface area contributed by atoms with Gasteiger partial charge in [-0.1, -0.05) is 16.4 Å². The predicted octanol–water partition coefficient (Wildman–Crippen LogP) is 4.81. The number of halogens is 2. The van der Waals surface area contributed by atoms with Crippen molar-refractivity contribution in [3.8, 4) is 22.6 Å². The number of hydrogen-bond donors (Lipinski definition) is 1. The Labute approximate surface area is 210 Å². The third-order valence-corrected chi connectivity index (χ3v) is 7.01. The van der Waals surface area contributed by atoms with Gasteiger partial charge in [-0.3, -0.25) is 9.51 Å². The minimum Gasteiger partial charge on any atom is -0.373 e. The molecule has 2 aliphatic rings. The highest BCUT2D eigenvalue weighted by atomic mass is 19.1. The Morgan fingerprint density at radius 3 is 2.57 bits per heavy atom. The number of nitrogens with one attached hydrogen (secondary N) is 1. The molecule has 1 aromatic carbocycles. The molecule has 1 aliphatic carbocycles. The zero-order valence-corrected chi connectivity index (χ0v) is 20.1. The molecule has 1 N–H and O–H groups in total. The Morgan fingerprint density at radius 1 is 1.11 bits per heavy atom. The Hall–Kier alpha value is -3.86. The van der Waals surface area contributed by atoms with Gasteiger partial charge in [-0.25, -0.2) is 18.6 Å². The zero-order valence-electron chi connectivity index (χ0n) is 20.1. The molecule has 1 aliphatic heterocycles. The van der Waals surface area contributed by atoms with Gasteiger partial charge in [-0.05, 0) is 56.9 Å². The highest BCUT2D eigenvalue weighted by molar-refractivity contribution is 5.65. The number of pyridine rings is 1. The Morgan fingerprint density at radius 2 is 1.92 bits per heavy atom. The van der Waals surface area contributed by atoms with Crippen LogP contribution in [-0.2, 0) is 11.3 Å². The molecule has 0 radical (unpaired) electrons. The number of piperidine rings is 1. The van der Waals surface area contributed by atoms with Gasteiger partial charge in [-0.2, -0.15) is 0 Å². The standard InChI is InChI=1S/C26H25F2N5O4/c1-14-11-17(9-10-33(14)21-8-7-16(12-29-21)25-30-26(34)37-32-25)35-13-18-23(31-36-24(18)15-5-6-15)22-19(27)3-2-4-20(22)28/h2-4,7-8,12,14-15,17H,5-6,9-11,13H2,1H3,(H,30,32,34)/t14-,17-/m1/s1. The minimum atomic E-state index is -0.674. The second kappa shape index (κ2) is 9.55. The SMILES string of the molecule is C[C@@H]1C[C@H](OCc2c(-c3c(F)cccc3F)noc2C2CC2)CCN1c1ccc(-c2noc(=O)[nH]2)cn1. The summed E-state index contributed by atoms with van der Waals surface area (Å²) in [5.74, 6) is 0.0717. The molecule has 2 atom stereocenters. The zero-order chi connectivity index (χ0) is 25.5. The summed E-state index contributed by atoms with van der Waals surface area (Å²) in [5, 5.41) is 7.73. The van der Waals surface area contributed by atoms with E-state index in [0.717, 1.165) is 38.0 Å². The van der Waals surface area contributed by atoms with Crippen LogP contribution in [-0.4, -0.2) is 39.0 Å². The van der Waals surface area contributed by atoms with E-state index < -0.39 is 17.4 Å². The van der Waals surface area contributed by atoms with E-state index in [1.165, 1.54) is 18.2 Å². The summed E-state index contributed by atoms with van der Waals surface area (Å²) in [6.45, 7) is 3.01. The van der Waals surface area contributed by atoms with Crippen LogP contribution in [0.3, 0.4) is 0 Å². The van der Waals surface area contributed by atoms with Gasteiger partial charge in [-0.15, -0.1) is 0 Å². The Bertz CT molecular complexity index is 1440. The summed E-state index contributed by atoms with van der Waals surface area (Å²) in [5.41, 5.74) is 1.29. The maximum absolute atomic E-state index is 14.5. The van der Waals surface area contributed by atoms with E-state index in [1.54, 1.807) is 6.20 Å². The van der Waals surface area contributed by atoms with E-state index in [9.17, 15) is 13.6 Å². The Balaban J connectivity index is 1.14. The van der Waals surface area contributed by atoms with Gasteiger partial charge >= 0.3 is 5.76 Å². The molecule has 0 bridgehead atoms. The molecule has 1 saturated heterocycles. The summed E-state index contributed by atoms with van der Waals surface area (Å²) in [6.07, 6.45) is 5.06. The number of aromatic nitrogens is 4. The number of nitrogens with zero attached hydrogens (tertiary/aromatic N) is 4. The number of ether oxygens (including phenoxy) is 1. The van der Waals surface area contributed by atoms with Gasteiger partial charge in [0.1, 0.15) is 28.9 Å². The van der Waals surface area contributed by atoms with Crippen molar-refractivity contribution in [1.82, 2.24) is 20.3 Å². The van der Waals surface area contributed by atoms with Crippen molar-refractivity contribution < 1.29 is 22.6 Å². The van der Waals surface area contributed by atoms with Crippen molar-refractivity contribution in [3.63, 3.8) is 0 Å². The molecule has 1 saturated carbocycles. The lowest BCUT2D eigenvalue weighted by Crippen LogP contribution is -2.43. The lowest BCUT2D eigenvalue weighted by atomic mass is 10.00. The number of aromatic amines is 1. The summed E-state index contributed by atoms with van der Waals surface area (Å²) in [6, 6.07) is 7.64. The first-order valence-electron chi connectivity index (χ1n) is 12.3. The molecule has 0 unspecified atom stereocenters. The van der Waals surface area contributed by atoms with Crippen LogP contribution in [0.1, 0.15) is 49.8 Å². The second-order valence-electron chi connectivity index (χ2n) is 9.59. The average molecular weight is 510 g/mol. The van der Waals surface area contributed by atoms with Crippen LogP contribution in [0.25, 0.3) is 22.6 Å². The number of anilines is 1. The molecular weight excluding hydrogens is 484 g/mol. The van der Waals surface area contributed by atoms with E-state index in [4.69, 9.17) is 9.26 Å². The van der Waals surface area contributed by atoms with Crippen LogP contribution >= 0.6 is 0 Å². The van der Waals surface area contributed by atoms with Crippen LogP contribution in [0.5, 0.6) is 0 Å². The second-order valence-corrected chi connectivity index (χ2v) is 9.59. The predicted molar refractivity (Wildman–Crippen MR) is 129 cm³/mol. The fourth-order valence-corrected chi connectivity index (χ4v) is 4.92. The molecule has 4 heterocycles. The van der Waals surface area contributed by atoms with Gasteiger partial charge in [0.25, 0.3) is 0 Å². The number of benzene rings is 1. The first-order valence-corrected chi connectivity index (χ1v) is 12.3. The molecule has 37 heavy (non-hydrogen) atoms. The van der Waals surface area contributed by atoms with Crippen LogP contribution < -0.4 is 10.7 Å². The fraction of sp³-hybridized carbons (Fsp3) is 0.385. The number of rotatable bonds is 7. The average Bonchev–Trinajstić information content (AvgIpc) is 3.51. The quantitative estimate of drug-likeness (QED) is 0.378. The van der Waals surface area contributed by atoms with Gasteiger partial charge in [0.15, 0.2) is 5.82 Å². The molecule has 192 valence electrons. The van der Waals surface area contributed by atoms with Gasteiger partial charge in [0.2, 0.25) is 0 Å². The monoisotopic (exact) mass is 509 g/mol. The van der Waals surface area contributed by atoms with Crippen LogP contribution in [0.2, 0.25) is 0 Å². The van der Waals surface area contributed by atoms with Crippen LogP contribution in [0, 0.1) is 11.6 Å². The van der Waals surface area contributed by atoms with Crippen LogP contribution in [0.15, 0.2) is 50.4 Å². The van der Waals surface area contributed by atoms with Crippen molar-refractivity contribution >= 4 is 5.82 Å². The fourth-order valence-electron chi connectivity index (χ4n) is 4.92. The topological polar surface area (TPSA) is 110 Å². The largest absolute Gasteiger partial charge is 0.439 e. The van der Waals surface area contributed by atoms with Crippen LogP contribution in [0.4, 0.5) is 14.6 Å². The molecule has 9 nitrogen and oxygen atoms in total. The summed E-state index contributed by atoms with van der Waals surface area (Å²) in [7, 11) is 0. The van der Waals surface area contributed by atoms with Gasteiger partial charge < -0.3 is 14.2 Å². The van der Waals surface area contributed by atoms with E-state index in [0.29, 0.717) is 22.7 Å². The highest BCUT2D eigenvalue weighted by Gasteiger charge is 2.35. The van der Waals surface area contributed by atoms with Crippen molar-refractivity contribution in [2.45, 2.75) is 57.3 Å². The molecule has 2 fully saturated rings. The molecular formula is C26H25F2N5O4.